The van der Waals surface area contributed by atoms with Crippen molar-refractivity contribution in [3.63, 3.8) is 0 Å². The van der Waals surface area contributed by atoms with E-state index in [1.54, 1.807) is 13.8 Å². The van der Waals surface area contributed by atoms with Crippen LogP contribution in [0.1, 0.15) is 38.4 Å². The molecular weight excluding hydrogens is 318 g/mol. The zero-order chi connectivity index (χ0) is 15.9. The minimum Gasteiger partial charge on any atom is -0.389 e. The summed E-state index contributed by atoms with van der Waals surface area (Å²) in [6, 6.07) is 7.78. The van der Waals surface area contributed by atoms with Gasteiger partial charge in [-0.25, -0.2) is 8.42 Å². The van der Waals surface area contributed by atoms with E-state index in [4.69, 9.17) is 0 Å². The zero-order valence-corrected chi connectivity index (χ0v) is 14.5. The highest BCUT2D eigenvalue weighted by molar-refractivity contribution is 7.93. The molecule has 0 saturated heterocycles. The van der Waals surface area contributed by atoms with Crippen molar-refractivity contribution in [3.05, 3.63) is 29.8 Å². The van der Waals surface area contributed by atoms with Gasteiger partial charge in [-0.15, -0.1) is 11.3 Å². The summed E-state index contributed by atoms with van der Waals surface area (Å²) in [6.07, 6.45) is 1.48. The van der Waals surface area contributed by atoms with Crippen LogP contribution in [0.4, 0.5) is 5.00 Å². The van der Waals surface area contributed by atoms with E-state index in [1.165, 1.54) is 15.6 Å². The highest BCUT2D eigenvalue weighted by atomic mass is 32.2. The van der Waals surface area contributed by atoms with Crippen LogP contribution in [0.5, 0.6) is 0 Å². The molecule has 1 unspecified atom stereocenters. The van der Waals surface area contributed by atoms with Crippen molar-refractivity contribution < 1.29 is 13.5 Å². The molecule has 0 amide bonds. The Morgan fingerprint density at radius 3 is 2.64 bits per heavy atom. The molecule has 1 aliphatic carbocycles. The van der Waals surface area contributed by atoms with Crippen molar-refractivity contribution in [2.45, 2.75) is 32.8 Å². The average Bonchev–Trinajstić information content (AvgIpc) is 3.22. The largest absolute Gasteiger partial charge is 0.389 e. The molecule has 1 heterocycles. The third-order valence-corrected chi connectivity index (χ3v) is 7.14. The number of hydrogen-bond acceptors (Lipinski definition) is 4. The second kappa shape index (κ2) is 5.83. The zero-order valence-electron chi connectivity index (χ0n) is 12.8. The second-order valence-electron chi connectivity index (χ2n) is 5.87. The molecule has 1 atom stereocenters. The van der Waals surface area contributed by atoms with Crippen LogP contribution in [0.2, 0.25) is 0 Å². The third kappa shape index (κ3) is 2.87. The summed E-state index contributed by atoms with van der Waals surface area (Å²) < 4.78 is 27.7. The standard InChI is InChI=1S/C16H21NO3S2/c1-3-22(19,20)17(10-12-8-9-12)16-15(11(2)18)13-6-4-5-7-14(13)21-16/h4-7,11-12,18H,3,8-10H2,1-2H3. The molecule has 0 radical (unpaired) electrons. The van der Waals surface area contributed by atoms with Crippen LogP contribution in [0.3, 0.4) is 0 Å². The van der Waals surface area contributed by atoms with Crippen molar-refractivity contribution in [2.75, 3.05) is 16.6 Å². The van der Waals surface area contributed by atoms with Crippen LogP contribution in [0.25, 0.3) is 10.1 Å². The molecule has 120 valence electrons. The molecule has 4 nitrogen and oxygen atoms in total. The number of aliphatic hydroxyl groups is 1. The van der Waals surface area contributed by atoms with Gasteiger partial charge < -0.3 is 5.11 Å². The lowest BCUT2D eigenvalue weighted by Gasteiger charge is -2.24. The van der Waals surface area contributed by atoms with Gasteiger partial charge in [0, 0.05) is 22.2 Å². The van der Waals surface area contributed by atoms with Crippen LogP contribution in [-0.4, -0.2) is 25.8 Å². The molecule has 1 N–H and O–H groups in total. The third-order valence-electron chi connectivity index (χ3n) is 4.08. The molecule has 22 heavy (non-hydrogen) atoms. The summed E-state index contributed by atoms with van der Waals surface area (Å²) in [4.78, 5) is 0. The average molecular weight is 339 g/mol. The van der Waals surface area contributed by atoms with Crippen molar-refractivity contribution in [3.8, 4) is 0 Å². The Labute approximate surface area is 135 Å². The molecule has 0 spiro atoms. The molecule has 0 bridgehead atoms. The summed E-state index contributed by atoms with van der Waals surface area (Å²) in [6.45, 7) is 3.90. The van der Waals surface area contributed by atoms with Crippen molar-refractivity contribution >= 4 is 36.4 Å². The number of hydrogen-bond donors (Lipinski definition) is 1. The van der Waals surface area contributed by atoms with E-state index in [0.717, 1.165) is 28.5 Å². The maximum atomic E-state index is 12.6. The van der Waals surface area contributed by atoms with Crippen LogP contribution in [-0.2, 0) is 10.0 Å². The van der Waals surface area contributed by atoms with Crippen LogP contribution in [0.15, 0.2) is 24.3 Å². The van der Waals surface area contributed by atoms with Gasteiger partial charge in [-0.2, -0.15) is 0 Å². The molecule has 1 aromatic carbocycles. The molecule has 1 fully saturated rings. The smallest absolute Gasteiger partial charge is 0.235 e. The van der Waals surface area contributed by atoms with E-state index in [9.17, 15) is 13.5 Å². The van der Waals surface area contributed by atoms with E-state index in [-0.39, 0.29) is 5.75 Å². The van der Waals surface area contributed by atoms with Gasteiger partial charge in [0.2, 0.25) is 10.0 Å². The predicted molar refractivity (Wildman–Crippen MR) is 92.0 cm³/mol. The lowest BCUT2D eigenvalue weighted by Crippen LogP contribution is -2.34. The van der Waals surface area contributed by atoms with E-state index in [2.05, 4.69) is 0 Å². The topological polar surface area (TPSA) is 57.6 Å². The SMILES string of the molecule is CCS(=O)(=O)N(CC1CC1)c1sc2ccccc2c1C(C)O. The van der Waals surface area contributed by atoms with Crippen LogP contribution in [0, 0.1) is 5.92 Å². The molecule has 1 aromatic heterocycles. The first-order valence-electron chi connectivity index (χ1n) is 7.64. The van der Waals surface area contributed by atoms with Gasteiger partial charge in [-0.1, -0.05) is 18.2 Å². The minimum atomic E-state index is -3.34. The van der Waals surface area contributed by atoms with Crippen molar-refractivity contribution in [1.29, 1.82) is 0 Å². The first kappa shape index (κ1) is 15.8. The lowest BCUT2D eigenvalue weighted by molar-refractivity contribution is 0.201. The quantitative estimate of drug-likeness (QED) is 0.876. The fraction of sp³-hybridized carbons (Fsp3) is 0.500. The molecule has 2 aromatic rings. The van der Waals surface area contributed by atoms with E-state index in [0.29, 0.717) is 17.5 Å². The minimum absolute atomic E-state index is 0.0766. The number of benzene rings is 1. The molecule has 0 aliphatic heterocycles. The maximum absolute atomic E-state index is 12.6. The Morgan fingerprint density at radius 2 is 2.05 bits per heavy atom. The Hall–Kier alpha value is -1.11. The highest BCUT2D eigenvalue weighted by Gasteiger charge is 2.33. The molecule has 1 aliphatic rings. The first-order chi connectivity index (χ1) is 10.4. The Balaban J connectivity index is 2.18. The summed E-state index contributed by atoms with van der Waals surface area (Å²) in [7, 11) is -3.34. The molecule has 6 heteroatoms. The maximum Gasteiger partial charge on any atom is 0.235 e. The monoisotopic (exact) mass is 339 g/mol. The number of nitrogens with zero attached hydrogens (tertiary/aromatic N) is 1. The highest BCUT2D eigenvalue weighted by Crippen LogP contribution is 2.44. The fourth-order valence-corrected chi connectivity index (χ4v) is 5.42. The normalized spacial score (nSPS) is 16.9. The van der Waals surface area contributed by atoms with E-state index < -0.39 is 16.1 Å². The van der Waals surface area contributed by atoms with Gasteiger partial charge in [-0.05, 0) is 38.7 Å². The molecular formula is C16H21NO3S2. The summed E-state index contributed by atoms with van der Waals surface area (Å²) in [5, 5.41) is 11.8. The van der Waals surface area contributed by atoms with Gasteiger partial charge >= 0.3 is 0 Å². The van der Waals surface area contributed by atoms with E-state index in [1.807, 2.05) is 24.3 Å². The van der Waals surface area contributed by atoms with Crippen LogP contribution >= 0.6 is 11.3 Å². The fourth-order valence-electron chi connectivity index (χ4n) is 2.66. The van der Waals surface area contributed by atoms with Gasteiger partial charge in [0.15, 0.2) is 0 Å². The van der Waals surface area contributed by atoms with Gasteiger partial charge in [0.1, 0.15) is 5.00 Å². The number of rotatable bonds is 6. The lowest BCUT2D eigenvalue weighted by atomic mass is 10.1. The predicted octanol–water partition coefficient (Wildman–Crippen LogP) is 3.52. The number of anilines is 1. The van der Waals surface area contributed by atoms with Crippen LogP contribution < -0.4 is 4.31 Å². The van der Waals surface area contributed by atoms with E-state index >= 15 is 0 Å². The Bertz CT molecular complexity index is 776. The Morgan fingerprint density at radius 1 is 1.36 bits per heavy atom. The van der Waals surface area contributed by atoms with Gasteiger partial charge in [-0.3, -0.25) is 4.31 Å². The van der Waals surface area contributed by atoms with Crippen molar-refractivity contribution in [2.24, 2.45) is 5.92 Å². The van der Waals surface area contributed by atoms with Crippen molar-refractivity contribution in [1.82, 2.24) is 0 Å². The van der Waals surface area contributed by atoms with Gasteiger partial charge in [0.25, 0.3) is 0 Å². The second-order valence-corrected chi connectivity index (χ2v) is 9.08. The number of sulfonamides is 1. The first-order valence-corrected chi connectivity index (χ1v) is 10.1. The van der Waals surface area contributed by atoms with Gasteiger partial charge in [0.05, 0.1) is 11.9 Å². The summed E-state index contributed by atoms with van der Waals surface area (Å²) in [5.74, 6) is 0.529. The summed E-state index contributed by atoms with van der Waals surface area (Å²) in [5.41, 5.74) is 0.735. The number of aliphatic hydroxyl groups excluding tert-OH is 1. The summed E-state index contributed by atoms with van der Waals surface area (Å²) >= 11 is 1.46. The number of thiophene rings is 1. The molecule has 1 saturated carbocycles. The number of fused-ring (bicyclic) bond motifs is 1. The Kier molecular flexibility index (Phi) is 4.18. The molecule has 3 rings (SSSR count).